The van der Waals surface area contributed by atoms with E-state index in [1.165, 1.54) is 6.20 Å². The molecule has 0 radical (unpaired) electrons. The topological polar surface area (TPSA) is 94.6 Å². The van der Waals surface area contributed by atoms with E-state index in [0.717, 1.165) is 11.1 Å². The first-order chi connectivity index (χ1) is 14.7. The lowest BCUT2D eigenvalue weighted by Crippen LogP contribution is -2.31. The molecule has 0 atom stereocenters. The Morgan fingerprint density at radius 1 is 0.900 bits per heavy atom. The van der Waals surface area contributed by atoms with E-state index in [4.69, 9.17) is 9.47 Å². The number of hydrogen-bond donors (Lipinski definition) is 1. The van der Waals surface area contributed by atoms with E-state index in [0.29, 0.717) is 12.4 Å². The zero-order chi connectivity index (χ0) is 21.2. The third-order valence-electron chi connectivity index (χ3n) is 4.08. The van der Waals surface area contributed by atoms with E-state index in [1.54, 1.807) is 6.07 Å². The number of benzene rings is 2. The molecule has 152 valence electrons. The molecular weight excluding hydrogens is 384 g/mol. The number of pyridine rings is 1. The molecule has 2 aromatic carbocycles. The summed E-state index contributed by atoms with van der Waals surface area (Å²) in [5, 5.41) is 2.36. The molecule has 1 N–H and O–H groups in total. The Morgan fingerprint density at radius 2 is 1.50 bits per heavy atom. The number of rotatable bonds is 10. The third-order valence-corrected chi connectivity index (χ3v) is 4.08. The summed E-state index contributed by atoms with van der Waals surface area (Å²) in [5.41, 5.74) is 1.89. The van der Waals surface area contributed by atoms with Crippen molar-refractivity contribution >= 4 is 18.0 Å². The predicted molar refractivity (Wildman–Crippen MR) is 109 cm³/mol. The molecule has 0 fully saturated rings. The third kappa shape index (κ3) is 6.00. The van der Waals surface area contributed by atoms with Crippen LogP contribution in [0.3, 0.4) is 0 Å². The van der Waals surface area contributed by atoms with Gasteiger partial charge in [-0.2, -0.15) is 0 Å². The number of carbonyl (C=O) groups is 3. The predicted octanol–water partition coefficient (Wildman–Crippen LogP) is 2.74. The minimum absolute atomic E-state index is 0.00306. The molecule has 0 spiro atoms. The molecule has 7 nitrogen and oxygen atoms in total. The van der Waals surface area contributed by atoms with Crippen molar-refractivity contribution in [2.45, 2.75) is 13.2 Å². The van der Waals surface area contributed by atoms with E-state index >= 15 is 0 Å². The summed E-state index contributed by atoms with van der Waals surface area (Å²) < 4.78 is 11.6. The van der Waals surface area contributed by atoms with Gasteiger partial charge < -0.3 is 14.8 Å². The molecule has 30 heavy (non-hydrogen) atoms. The largest absolute Gasteiger partial charge is 0.487 e. The molecule has 3 aromatic rings. The van der Waals surface area contributed by atoms with Crippen LogP contribution >= 0.6 is 0 Å². The first-order valence-electron chi connectivity index (χ1n) is 9.25. The van der Waals surface area contributed by atoms with Crippen LogP contribution in [0.5, 0.6) is 11.5 Å². The molecule has 0 saturated carbocycles. The van der Waals surface area contributed by atoms with Gasteiger partial charge in [0.1, 0.15) is 19.0 Å². The minimum Gasteiger partial charge on any atom is -0.487 e. The number of amides is 1. The van der Waals surface area contributed by atoms with E-state index in [9.17, 15) is 14.4 Å². The Labute approximate surface area is 173 Å². The van der Waals surface area contributed by atoms with Crippen LogP contribution in [-0.2, 0) is 22.8 Å². The van der Waals surface area contributed by atoms with Crippen molar-refractivity contribution in [3.63, 3.8) is 0 Å². The van der Waals surface area contributed by atoms with Gasteiger partial charge in [0.05, 0.1) is 12.7 Å². The highest BCUT2D eigenvalue weighted by Crippen LogP contribution is 2.24. The lowest BCUT2D eigenvalue weighted by atomic mass is 10.2. The number of nitrogens with zero attached hydrogens (tertiary/aromatic N) is 1. The number of ether oxygens (including phenoxy) is 2. The minimum atomic E-state index is -0.738. The number of carbonyl (C=O) groups excluding carboxylic acids is 3. The van der Waals surface area contributed by atoms with Gasteiger partial charge >= 0.3 is 0 Å². The fourth-order valence-corrected chi connectivity index (χ4v) is 2.56. The molecule has 1 amide bonds. The van der Waals surface area contributed by atoms with Crippen LogP contribution in [0.1, 0.15) is 21.6 Å². The van der Waals surface area contributed by atoms with E-state index < -0.39 is 18.2 Å². The summed E-state index contributed by atoms with van der Waals surface area (Å²) in [4.78, 5) is 38.2. The van der Waals surface area contributed by atoms with Gasteiger partial charge in [-0.05, 0) is 11.1 Å². The van der Waals surface area contributed by atoms with Gasteiger partial charge in [-0.15, -0.1) is 0 Å². The molecular formula is C23H20N2O5. The van der Waals surface area contributed by atoms with Gasteiger partial charge in [0.15, 0.2) is 17.7 Å². The molecule has 1 aromatic heterocycles. The highest BCUT2D eigenvalue weighted by atomic mass is 16.5. The average molecular weight is 404 g/mol. The molecule has 0 aliphatic heterocycles. The fraction of sp³-hybridized carbons (Fsp3) is 0.130. The Hall–Kier alpha value is -4.00. The van der Waals surface area contributed by atoms with Gasteiger partial charge in [-0.25, -0.2) is 4.98 Å². The van der Waals surface area contributed by atoms with Crippen LogP contribution in [0, 0.1) is 0 Å². The standard InChI is InChI=1S/C23H20N2O5/c26-14-19(27)12-25-23(28)22-21(30-16-18-9-5-2-6-10-18)11-20(13-24-22)29-15-17-7-3-1-4-8-17/h1-11,13-14H,12,15-16H2,(H,25,28). The summed E-state index contributed by atoms with van der Waals surface area (Å²) >= 11 is 0. The zero-order valence-electron chi connectivity index (χ0n) is 16.1. The molecule has 1 heterocycles. The molecule has 0 aliphatic rings. The van der Waals surface area contributed by atoms with Gasteiger partial charge in [-0.1, -0.05) is 60.7 Å². The number of Topliss-reactive ketones (excluding diaryl/α,β-unsaturated/α-hetero) is 1. The van der Waals surface area contributed by atoms with Crippen LogP contribution in [0.15, 0.2) is 72.9 Å². The Kier molecular flexibility index (Phi) is 7.27. The summed E-state index contributed by atoms with van der Waals surface area (Å²) in [7, 11) is 0. The summed E-state index contributed by atoms with van der Waals surface area (Å²) in [6.07, 6.45) is 1.57. The Bertz CT molecular complexity index is 1010. The van der Waals surface area contributed by atoms with Crippen molar-refractivity contribution in [3.8, 4) is 11.5 Å². The molecule has 0 unspecified atom stereocenters. The van der Waals surface area contributed by atoms with Crippen LogP contribution < -0.4 is 14.8 Å². The number of aromatic nitrogens is 1. The second-order valence-corrected chi connectivity index (χ2v) is 6.33. The summed E-state index contributed by atoms with van der Waals surface area (Å²) in [6, 6.07) is 20.7. The van der Waals surface area contributed by atoms with Gasteiger partial charge in [0, 0.05) is 6.07 Å². The van der Waals surface area contributed by atoms with Gasteiger partial charge in [-0.3, -0.25) is 14.4 Å². The maximum absolute atomic E-state index is 12.4. The molecule has 3 rings (SSSR count). The fourth-order valence-electron chi connectivity index (χ4n) is 2.56. The SMILES string of the molecule is O=CC(=O)CNC(=O)c1ncc(OCc2ccccc2)cc1OCc1ccccc1. The van der Waals surface area contributed by atoms with E-state index in [-0.39, 0.29) is 24.3 Å². The average Bonchev–Trinajstić information content (AvgIpc) is 2.81. The molecule has 0 saturated heterocycles. The molecule has 0 aliphatic carbocycles. The normalized spacial score (nSPS) is 10.1. The van der Waals surface area contributed by atoms with Crippen molar-refractivity contribution in [2.75, 3.05) is 6.54 Å². The highest BCUT2D eigenvalue weighted by Gasteiger charge is 2.17. The van der Waals surface area contributed by atoms with Gasteiger partial charge in [0.2, 0.25) is 5.78 Å². The quantitative estimate of drug-likeness (QED) is 0.412. The summed E-state index contributed by atoms with van der Waals surface area (Å²) in [5.74, 6) is -0.719. The summed E-state index contributed by atoms with van der Waals surface area (Å²) in [6.45, 7) is 0.145. The Balaban J connectivity index is 1.76. The number of aldehydes is 1. The molecule has 7 heteroatoms. The van der Waals surface area contributed by atoms with Crippen molar-refractivity contribution < 1.29 is 23.9 Å². The van der Waals surface area contributed by atoms with Gasteiger partial charge in [0.25, 0.3) is 5.91 Å². The lowest BCUT2D eigenvalue weighted by molar-refractivity contribution is -0.129. The van der Waals surface area contributed by atoms with Crippen LogP contribution in [-0.4, -0.2) is 29.5 Å². The van der Waals surface area contributed by atoms with Crippen molar-refractivity contribution in [1.29, 1.82) is 0 Å². The highest BCUT2D eigenvalue weighted by molar-refractivity contribution is 6.26. The Morgan fingerprint density at radius 3 is 2.10 bits per heavy atom. The number of ketones is 1. The smallest absolute Gasteiger partial charge is 0.274 e. The number of hydrogen-bond acceptors (Lipinski definition) is 6. The van der Waals surface area contributed by atoms with Crippen LogP contribution in [0.4, 0.5) is 0 Å². The van der Waals surface area contributed by atoms with Crippen molar-refractivity contribution in [3.05, 3.63) is 89.7 Å². The first kappa shape index (κ1) is 20.7. The molecule has 0 bridgehead atoms. The van der Waals surface area contributed by atoms with E-state index in [1.807, 2.05) is 60.7 Å². The maximum Gasteiger partial charge on any atom is 0.274 e. The van der Waals surface area contributed by atoms with Crippen molar-refractivity contribution in [1.82, 2.24) is 10.3 Å². The monoisotopic (exact) mass is 404 g/mol. The lowest BCUT2D eigenvalue weighted by Gasteiger charge is -2.13. The second kappa shape index (κ2) is 10.5. The zero-order valence-corrected chi connectivity index (χ0v) is 16.1. The van der Waals surface area contributed by atoms with E-state index in [2.05, 4.69) is 10.3 Å². The second-order valence-electron chi connectivity index (χ2n) is 6.33. The van der Waals surface area contributed by atoms with Crippen LogP contribution in [0.25, 0.3) is 0 Å². The first-order valence-corrected chi connectivity index (χ1v) is 9.25. The number of nitrogens with one attached hydrogen (secondary N) is 1. The van der Waals surface area contributed by atoms with Crippen LogP contribution in [0.2, 0.25) is 0 Å². The maximum atomic E-state index is 12.4. The van der Waals surface area contributed by atoms with Crippen molar-refractivity contribution in [2.24, 2.45) is 0 Å².